The monoisotopic (exact) mass is 410 g/mol. The van der Waals surface area contributed by atoms with E-state index in [1.807, 2.05) is 36.4 Å². The zero-order valence-electron chi connectivity index (χ0n) is 16.8. The Labute approximate surface area is 176 Å². The molecule has 152 valence electrons. The molecule has 29 heavy (non-hydrogen) atoms. The molecule has 1 N–H and O–H groups in total. The van der Waals surface area contributed by atoms with Crippen molar-refractivity contribution < 1.29 is 9.47 Å². The predicted octanol–water partition coefficient (Wildman–Crippen LogP) is 4.80. The van der Waals surface area contributed by atoms with Crippen LogP contribution in [0.2, 0.25) is 0 Å². The molecule has 0 spiro atoms. The molecule has 0 radical (unpaired) electrons. The lowest BCUT2D eigenvalue weighted by Crippen LogP contribution is -2.03. The van der Waals surface area contributed by atoms with E-state index in [1.54, 1.807) is 18.0 Å². The number of H-pyrrole nitrogens is 1. The Morgan fingerprint density at radius 3 is 2.72 bits per heavy atom. The van der Waals surface area contributed by atoms with E-state index in [-0.39, 0.29) is 0 Å². The van der Waals surface area contributed by atoms with Crippen molar-refractivity contribution in [3.8, 4) is 11.5 Å². The molecule has 0 fully saturated rings. The van der Waals surface area contributed by atoms with Crippen molar-refractivity contribution in [1.29, 1.82) is 0 Å². The molecule has 0 bridgehead atoms. The number of nitrogens with one attached hydrogen (secondary N) is 1. The van der Waals surface area contributed by atoms with Gasteiger partial charge in [0.25, 0.3) is 0 Å². The van der Waals surface area contributed by atoms with Gasteiger partial charge in [0.05, 0.1) is 19.9 Å². The van der Waals surface area contributed by atoms with E-state index in [0.29, 0.717) is 22.9 Å². The maximum atomic E-state index is 5.91. The van der Waals surface area contributed by atoms with Crippen LogP contribution in [0.5, 0.6) is 11.5 Å². The topological polar surface area (TPSA) is 64.4 Å². The predicted molar refractivity (Wildman–Crippen MR) is 118 cm³/mol. The van der Waals surface area contributed by atoms with Crippen molar-refractivity contribution in [2.24, 2.45) is 5.10 Å². The van der Waals surface area contributed by atoms with E-state index in [2.05, 4.69) is 34.4 Å². The summed E-state index contributed by atoms with van der Waals surface area (Å²) in [6.45, 7) is 2.73. The lowest BCUT2D eigenvalue weighted by atomic mass is 10.2. The lowest BCUT2D eigenvalue weighted by Gasteiger charge is -2.11. The fourth-order valence-corrected chi connectivity index (χ4v) is 3.07. The molecule has 3 rings (SSSR count). The largest absolute Gasteiger partial charge is 0.493 e. The molecule has 1 heterocycles. The Hall–Kier alpha value is -2.93. The Balaban J connectivity index is 1.68. The van der Waals surface area contributed by atoms with E-state index < -0.39 is 0 Å². The number of unbranched alkanes of at least 4 members (excludes halogenated alkanes) is 1. The molecule has 0 aliphatic carbocycles. The van der Waals surface area contributed by atoms with Gasteiger partial charge in [0.1, 0.15) is 0 Å². The summed E-state index contributed by atoms with van der Waals surface area (Å²) >= 11 is 5.28. The van der Waals surface area contributed by atoms with Crippen LogP contribution in [0.25, 0.3) is 0 Å². The van der Waals surface area contributed by atoms with Crippen LogP contribution in [0.1, 0.15) is 36.7 Å². The van der Waals surface area contributed by atoms with Gasteiger partial charge in [0, 0.05) is 12.8 Å². The molecule has 0 aliphatic rings. The number of benzene rings is 2. The molecule has 0 aliphatic heterocycles. The van der Waals surface area contributed by atoms with Crippen molar-refractivity contribution in [3.05, 3.63) is 70.3 Å². The number of nitrogens with zero attached hydrogens (tertiary/aromatic N) is 3. The van der Waals surface area contributed by atoms with Gasteiger partial charge in [-0.15, -0.1) is 0 Å². The van der Waals surface area contributed by atoms with Crippen molar-refractivity contribution >= 4 is 18.4 Å². The minimum Gasteiger partial charge on any atom is -0.493 e. The minimum atomic E-state index is 0.486. The van der Waals surface area contributed by atoms with E-state index in [4.69, 9.17) is 21.7 Å². The molecular weight excluding hydrogens is 384 g/mol. The number of aromatic nitrogens is 3. The summed E-state index contributed by atoms with van der Waals surface area (Å²) in [5.41, 5.74) is 2.13. The molecule has 3 aromatic rings. The summed E-state index contributed by atoms with van der Waals surface area (Å²) in [7, 11) is 1.63. The zero-order valence-corrected chi connectivity index (χ0v) is 17.6. The second-order valence-electron chi connectivity index (χ2n) is 6.60. The Morgan fingerprint density at radius 1 is 1.14 bits per heavy atom. The highest BCUT2D eigenvalue weighted by Crippen LogP contribution is 2.27. The van der Waals surface area contributed by atoms with Crippen molar-refractivity contribution in [2.45, 2.75) is 32.6 Å². The van der Waals surface area contributed by atoms with Crippen molar-refractivity contribution in [2.75, 3.05) is 13.7 Å². The normalized spacial score (nSPS) is 11.1. The molecule has 1 aromatic heterocycles. The fraction of sp³-hybridized carbons (Fsp3) is 0.318. The molecule has 7 heteroatoms. The highest BCUT2D eigenvalue weighted by Gasteiger charge is 2.07. The number of ether oxygens (including phenoxy) is 2. The van der Waals surface area contributed by atoms with E-state index in [9.17, 15) is 0 Å². The average Bonchev–Trinajstić information content (AvgIpc) is 3.11. The van der Waals surface area contributed by atoms with Crippen LogP contribution in [0, 0.1) is 4.77 Å². The summed E-state index contributed by atoms with van der Waals surface area (Å²) in [4.78, 5) is 0. The average molecular weight is 411 g/mol. The molecule has 0 amide bonds. The van der Waals surface area contributed by atoms with Gasteiger partial charge in [-0.05, 0) is 48.0 Å². The van der Waals surface area contributed by atoms with Crippen LogP contribution in [-0.2, 0) is 12.8 Å². The number of aryl methyl sites for hydroxylation is 1. The standard InChI is InChI=1S/C22H26N4O2S/c1-3-4-10-21-24-25-22(29)26(21)23-16-18-11-12-19(20(15-18)27-2)28-14-13-17-8-6-5-7-9-17/h5-9,11-12,15-16H,3-4,10,13-14H2,1-2H3,(H,25,29). The first kappa shape index (κ1) is 20.8. The van der Waals surface area contributed by atoms with Gasteiger partial charge < -0.3 is 9.47 Å². The molecule has 2 aromatic carbocycles. The van der Waals surface area contributed by atoms with E-state index in [1.165, 1.54) is 5.56 Å². The van der Waals surface area contributed by atoms with E-state index in [0.717, 1.165) is 37.1 Å². The zero-order chi connectivity index (χ0) is 20.5. The summed E-state index contributed by atoms with van der Waals surface area (Å²) in [6, 6.07) is 16.0. The Kier molecular flexibility index (Phi) is 7.58. The number of rotatable bonds is 10. The number of hydrogen-bond donors (Lipinski definition) is 1. The van der Waals surface area contributed by atoms with Gasteiger partial charge in [-0.2, -0.15) is 14.9 Å². The minimum absolute atomic E-state index is 0.486. The summed E-state index contributed by atoms with van der Waals surface area (Å²) in [6.07, 6.45) is 5.55. The van der Waals surface area contributed by atoms with Gasteiger partial charge >= 0.3 is 0 Å². The fourth-order valence-electron chi connectivity index (χ4n) is 2.87. The second kappa shape index (κ2) is 10.6. The van der Waals surface area contributed by atoms with Crippen LogP contribution in [0.4, 0.5) is 0 Å². The smallest absolute Gasteiger partial charge is 0.216 e. The van der Waals surface area contributed by atoms with Crippen LogP contribution < -0.4 is 9.47 Å². The third-order valence-electron chi connectivity index (χ3n) is 4.47. The SMILES string of the molecule is CCCCc1n[nH]c(=S)n1N=Cc1ccc(OCCc2ccccc2)c(OC)c1. The first-order valence-corrected chi connectivity index (χ1v) is 10.2. The highest BCUT2D eigenvalue weighted by molar-refractivity contribution is 7.71. The lowest BCUT2D eigenvalue weighted by molar-refractivity contribution is 0.297. The summed E-state index contributed by atoms with van der Waals surface area (Å²) < 4.78 is 13.6. The van der Waals surface area contributed by atoms with Gasteiger partial charge in [0.2, 0.25) is 4.77 Å². The van der Waals surface area contributed by atoms with Gasteiger partial charge in [-0.25, -0.2) is 0 Å². The van der Waals surface area contributed by atoms with Crippen LogP contribution >= 0.6 is 12.2 Å². The second-order valence-corrected chi connectivity index (χ2v) is 6.99. The number of methoxy groups -OCH3 is 1. The maximum Gasteiger partial charge on any atom is 0.216 e. The molecule has 0 unspecified atom stereocenters. The quantitative estimate of drug-likeness (QED) is 0.385. The molecule has 0 saturated carbocycles. The first-order chi connectivity index (χ1) is 14.2. The van der Waals surface area contributed by atoms with Crippen molar-refractivity contribution in [1.82, 2.24) is 14.9 Å². The van der Waals surface area contributed by atoms with Gasteiger partial charge in [-0.3, -0.25) is 5.10 Å². The number of hydrogen-bond acceptors (Lipinski definition) is 5. The summed E-state index contributed by atoms with van der Waals surface area (Å²) in [5, 5.41) is 11.6. The number of aromatic amines is 1. The third-order valence-corrected chi connectivity index (χ3v) is 4.74. The Bertz CT molecular complexity index is 996. The van der Waals surface area contributed by atoms with Gasteiger partial charge in [-0.1, -0.05) is 43.7 Å². The highest BCUT2D eigenvalue weighted by atomic mass is 32.1. The Morgan fingerprint density at radius 2 is 1.97 bits per heavy atom. The molecule has 6 nitrogen and oxygen atoms in total. The summed E-state index contributed by atoms with van der Waals surface area (Å²) in [5.74, 6) is 2.22. The van der Waals surface area contributed by atoms with Crippen LogP contribution in [0.3, 0.4) is 0 Å². The molecule has 0 atom stereocenters. The van der Waals surface area contributed by atoms with Crippen LogP contribution in [0.15, 0.2) is 53.6 Å². The van der Waals surface area contributed by atoms with Crippen LogP contribution in [-0.4, -0.2) is 34.8 Å². The molecule has 0 saturated heterocycles. The molecular formula is C22H26N4O2S. The van der Waals surface area contributed by atoms with Crippen molar-refractivity contribution in [3.63, 3.8) is 0 Å². The maximum absolute atomic E-state index is 5.91. The van der Waals surface area contributed by atoms with Gasteiger partial charge in [0.15, 0.2) is 17.3 Å². The first-order valence-electron chi connectivity index (χ1n) is 9.76. The van der Waals surface area contributed by atoms with E-state index >= 15 is 0 Å². The third kappa shape index (κ3) is 5.77.